The fourth-order valence-corrected chi connectivity index (χ4v) is 2.58. The molecule has 3 aromatic carbocycles. The first-order valence-electron chi connectivity index (χ1n) is 6.85. The molecule has 0 unspecified atom stereocenters. The summed E-state index contributed by atoms with van der Waals surface area (Å²) < 4.78 is 11.4. The van der Waals surface area contributed by atoms with Crippen LogP contribution in [-0.4, -0.2) is 13.2 Å². The molecular weight excluding hydrogens is 248 g/mol. The number of methoxy groups -OCH3 is 1. The van der Waals surface area contributed by atoms with Crippen molar-refractivity contribution >= 4 is 21.5 Å². The Kier molecular flexibility index (Phi) is 3.23. The Balaban J connectivity index is 2.32. The zero-order valence-electron chi connectivity index (χ0n) is 12.0. The average Bonchev–Trinajstić information content (AvgIpc) is 2.45. The van der Waals surface area contributed by atoms with Gasteiger partial charge in [-0.25, -0.2) is 0 Å². The van der Waals surface area contributed by atoms with Gasteiger partial charge in [0.2, 0.25) is 0 Å². The molecule has 20 heavy (non-hydrogen) atoms. The Hall–Kier alpha value is -2.22. The number of hydrogen-bond acceptors (Lipinski definition) is 2. The van der Waals surface area contributed by atoms with Gasteiger partial charge in [-0.2, -0.15) is 0 Å². The Labute approximate surface area is 118 Å². The first-order chi connectivity index (χ1) is 9.69. The zero-order chi connectivity index (χ0) is 14.1. The normalized spacial score (nSPS) is 11.2. The Morgan fingerprint density at radius 1 is 0.900 bits per heavy atom. The molecule has 0 aromatic heterocycles. The molecule has 0 aliphatic rings. The maximum absolute atomic E-state index is 5.80. The molecule has 0 aliphatic carbocycles. The highest BCUT2D eigenvalue weighted by Gasteiger charge is 2.09. The fourth-order valence-electron chi connectivity index (χ4n) is 2.58. The molecular formula is C18H18O2. The lowest BCUT2D eigenvalue weighted by Crippen LogP contribution is -2.05. The number of benzene rings is 3. The van der Waals surface area contributed by atoms with E-state index in [1.807, 2.05) is 19.9 Å². The van der Waals surface area contributed by atoms with Crippen LogP contribution in [0.4, 0.5) is 0 Å². The van der Waals surface area contributed by atoms with Crippen molar-refractivity contribution in [1.29, 1.82) is 0 Å². The van der Waals surface area contributed by atoms with Crippen LogP contribution in [0.3, 0.4) is 0 Å². The molecule has 2 heteroatoms. The van der Waals surface area contributed by atoms with Gasteiger partial charge in [0.05, 0.1) is 13.2 Å². The predicted molar refractivity (Wildman–Crippen MR) is 83.8 cm³/mol. The van der Waals surface area contributed by atoms with E-state index in [0.29, 0.717) is 0 Å². The maximum atomic E-state index is 5.80. The second-order valence-corrected chi connectivity index (χ2v) is 5.18. The third-order valence-electron chi connectivity index (χ3n) is 3.37. The first kappa shape index (κ1) is 12.8. The molecule has 0 N–H and O–H groups in total. The second kappa shape index (κ2) is 5.04. The van der Waals surface area contributed by atoms with Crippen molar-refractivity contribution in [2.24, 2.45) is 0 Å². The molecule has 0 fully saturated rings. The van der Waals surface area contributed by atoms with Gasteiger partial charge in [-0.1, -0.05) is 36.4 Å². The molecule has 0 amide bonds. The number of ether oxygens (including phenoxy) is 2. The van der Waals surface area contributed by atoms with E-state index in [9.17, 15) is 0 Å². The van der Waals surface area contributed by atoms with Crippen molar-refractivity contribution in [1.82, 2.24) is 0 Å². The van der Waals surface area contributed by atoms with Crippen LogP contribution in [0.5, 0.6) is 11.5 Å². The zero-order valence-corrected chi connectivity index (χ0v) is 12.0. The molecule has 2 nitrogen and oxygen atoms in total. The summed E-state index contributed by atoms with van der Waals surface area (Å²) in [5, 5.41) is 4.70. The Morgan fingerprint density at radius 3 is 2.40 bits per heavy atom. The monoisotopic (exact) mass is 266 g/mol. The molecule has 102 valence electrons. The molecule has 0 radical (unpaired) electrons. The van der Waals surface area contributed by atoms with Crippen LogP contribution in [0.1, 0.15) is 13.8 Å². The third-order valence-corrected chi connectivity index (χ3v) is 3.37. The average molecular weight is 266 g/mol. The molecule has 3 aromatic rings. The molecule has 0 atom stereocenters. The first-order valence-corrected chi connectivity index (χ1v) is 6.85. The number of hydrogen-bond donors (Lipinski definition) is 0. The standard InChI is InChI=1S/C18H18O2/c1-12(2)20-15-10-14-9-8-13-6-4-5-7-16(13)18(14)17(11-15)19-3/h4-12H,1-3H3. The van der Waals surface area contributed by atoms with Gasteiger partial charge in [0.25, 0.3) is 0 Å². The molecule has 0 aliphatic heterocycles. The highest BCUT2D eigenvalue weighted by Crippen LogP contribution is 2.36. The van der Waals surface area contributed by atoms with Crippen LogP contribution < -0.4 is 9.47 Å². The second-order valence-electron chi connectivity index (χ2n) is 5.18. The minimum Gasteiger partial charge on any atom is -0.496 e. The SMILES string of the molecule is COc1cc(OC(C)C)cc2ccc3ccccc3c12. The molecule has 0 saturated carbocycles. The third kappa shape index (κ3) is 2.18. The van der Waals surface area contributed by atoms with E-state index in [1.165, 1.54) is 10.8 Å². The van der Waals surface area contributed by atoms with E-state index in [-0.39, 0.29) is 6.10 Å². The van der Waals surface area contributed by atoms with Crippen LogP contribution in [0.25, 0.3) is 21.5 Å². The largest absolute Gasteiger partial charge is 0.496 e. The van der Waals surface area contributed by atoms with Crippen molar-refractivity contribution in [3.05, 3.63) is 48.5 Å². The topological polar surface area (TPSA) is 18.5 Å². The summed E-state index contributed by atoms with van der Waals surface area (Å²) in [5.74, 6) is 1.70. The lowest BCUT2D eigenvalue weighted by molar-refractivity contribution is 0.241. The van der Waals surface area contributed by atoms with E-state index >= 15 is 0 Å². The van der Waals surface area contributed by atoms with E-state index in [2.05, 4.69) is 42.5 Å². The highest BCUT2D eigenvalue weighted by molar-refractivity contribution is 6.11. The van der Waals surface area contributed by atoms with Gasteiger partial charge in [0.1, 0.15) is 11.5 Å². The van der Waals surface area contributed by atoms with Crippen LogP contribution in [0.15, 0.2) is 48.5 Å². The molecule has 0 heterocycles. The van der Waals surface area contributed by atoms with E-state index in [4.69, 9.17) is 9.47 Å². The maximum Gasteiger partial charge on any atom is 0.131 e. The van der Waals surface area contributed by atoms with Gasteiger partial charge in [-0.05, 0) is 36.1 Å². The van der Waals surface area contributed by atoms with E-state index in [1.54, 1.807) is 7.11 Å². The minimum atomic E-state index is 0.151. The lowest BCUT2D eigenvalue weighted by Gasteiger charge is -2.14. The molecule has 0 spiro atoms. The van der Waals surface area contributed by atoms with E-state index in [0.717, 1.165) is 22.3 Å². The Bertz CT molecular complexity index is 760. The number of fused-ring (bicyclic) bond motifs is 3. The number of rotatable bonds is 3. The summed E-state index contributed by atoms with van der Waals surface area (Å²) in [6, 6.07) is 16.6. The van der Waals surface area contributed by atoms with Crippen LogP contribution in [-0.2, 0) is 0 Å². The summed E-state index contributed by atoms with van der Waals surface area (Å²) in [6.07, 6.45) is 0.151. The van der Waals surface area contributed by atoms with E-state index < -0.39 is 0 Å². The smallest absolute Gasteiger partial charge is 0.131 e. The summed E-state index contributed by atoms with van der Waals surface area (Å²) in [6.45, 7) is 4.05. The van der Waals surface area contributed by atoms with Gasteiger partial charge in [-0.3, -0.25) is 0 Å². The molecule has 0 saturated heterocycles. The van der Waals surface area contributed by atoms with Gasteiger partial charge in [-0.15, -0.1) is 0 Å². The lowest BCUT2D eigenvalue weighted by atomic mass is 10.0. The van der Waals surface area contributed by atoms with Crippen LogP contribution in [0, 0.1) is 0 Å². The summed E-state index contributed by atoms with van der Waals surface area (Å²) >= 11 is 0. The minimum absolute atomic E-state index is 0.151. The van der Waals surface area contributed by atoms with Crippen LogP contribution >= 0.6 is 0 Å². The highest BCUT2D eigenvalue weighted by atomic mass is 16.5. The van der Waals surface area contributed by atoms with Crippen molar-refractivity contribution in [3.63, 3.8) is 0 Å². The summed E-state index contributed by atoms with van der Waals surface area (Å²) in [4.78, 5) is 0. The van der Waals surface area contributed by atoms with Crippen molar-refractivity contribution in [3.8, 4) is 11.5 Å². The van der Waals surface area contributed by atoms with Crippen molar-refractivity contribution in [2.45, 2.75) is 20.0 Å². The van der Waals surface area contributed by atoms with Gasteiger partial charge in [0.15, 0.2) is 0 Å². The fraction of sp³-hybridized carbons (Fsp3) is 0.222. The summed E-state index contributed by atoms with van der Waals surface area (Å²) in [5.41, 5.74) is 0. The van der Waals surface area contributed by atoms with Gasteiger partial charge >= 0.3 is 0 Å². The Morgan fingerprint density at radius 2 is 1.65 bits per heavy atom. The van der Waals surface area contributed by atoms with Crippen LogP contribution in [0.2, 0.25) is 0 Å². The molecule has 0 bridgehead atoms. The van der Waals surface area contributed by atoms with Gasteiger partial charge in [0, 0.05) is 11.5 Å². The van der Waals surface area contributed by atoms with Crippen molar-refractivity contribution < 1.29 is 9.47 Å². The predicted octanol–water partition coefficient (Wildman–Crippen LogP) is 4.79. The molecule has 3 rings (SSSR count). The van der Waals surface area contributed by atoms with Gasteiger partial charge < -0.3 is 9.47 Å². The quantitative estimate of drug-likeness (QED) is 0.635. The summed E-state index contributed by atoms with van der Waals surface area (Å²) in [7, 11) is 1.70. The van der Waals surface area contributed by atoms with Crippen molar-refractivity contribution in [2.75, 3.05) is 7.11 Å².